The maximum Gasteiger partial charge on any atom is 0.401 e. The van der Waals surface area contributed by atoms with E-state index in [1.165, 1.54) is 17.0 Å². The fourth-order valence-corrected chi connectivity index (χ4v) is 2.00. The van der Waals surface area contributed by atoms with Gasteiger partial charge in [-0.1, -0.05) is 6.07 Å². The molecule has 0 unspecified atom stereocenters. The first-order valence-corrected chi connectivity index (χ1v) is 6.24. The van der Waals surface area contributed by atoms with Gasteiger partial charge in [0.15, 0.2) is 0 Å². The van der Waals surface area contributed by atoms with Crippen molar-refractivity contribution in [3.05, 3.63) is 30.1 Å². The molecule has 6 heteroatoms. The van der Waals surface area contributed by atoms with Crippen LogP contribution in [0, 0.1) is 5.82 Å². The zero-order valence-corrected chi connectivity index (χ0v) is 10.4. The van der Waals surface area contributed by atoms with E-state index >= 15 is 0 Å². The van der Waals surface area contributed by atoms with Gasteiger partial charge in [0, 0.05) is 24.8 Å². The molecule has 1 N–H and O–H groups in total. The lowest BCUT2D eigenvalue weighted by atomic mass is 10.3. The average molecular weight is 276 g/mol. The third kappa shape index (κ3) is 5.06. The fourth-order valence-electron chi connectivity index (χ4n) is 2.00. The minimum atomic E-state index is -4.17. The Bertz CT molecular complexity index is 415. The second-order valence-electron chi connectivity index (χ2n) is 4.75. The number of nitrogens with one attached hydrogen (secondary N) is 1. The third-order valence-electron chi connectivity index (χ3n) is 3.00. The van der Waals surface area contributed by atoms with Crippen molar-refractivity contribution >= 4 is 5.69 Å². The molecule has 1 fully saturated rings. The second-order valence-corrected chi connectivity index (χ2v) is 4.75. The molecule has 0 saturated heterocycles. The Kier molecular flexibility index (Phi) is 4.29. The van der Waals surface area contributed by atoms with Crippen molar-refractivity contribution in [3.63, 3.8) is 0 Å². The summed E-state index contributed by atoms with van der Waals surface area (Å²) in [4.78, 5) is 1.44. The van der Waals surface area contributed by atoms with E-state index in [9.17, 15) is 17.6 Å². The molecular weight excluding hydrogens is 260 g/mol. The van der Waals surface area contributed by atoms with E-state index in [0.717, 1.165) is 12.8 Å². The molecule has 0 spiro atoms. The molecule has 0 atom stereocenters. The van der Waals surface area contributed by atoms with Crippen molar-refractivity contribution in [3.8, 4) is 0 Å². The summed E-state index contributed by atoms with van der Waals surface area (Å²) in [5, 5.41) is 2.94. The minimum Gasteiger partial charge on any atom is -0.384 e. The van der Waals surface area contributed by atoms with Crippen LogP contribution in [0.5, 0.6) is 0 Å². The van der Waals surface area contributed by atoms with Crippen molar-refractivity contribution < 1.29 is 17.6 Å². The van der Waals surface area contributed by atoms with Crippen LogP contribution in [0.1, 0.15) is 12.8 Å². The number of alkyl halides is 3. The number of hydrogen-bond acceptors (Lipinski definition) is 2. The molecule has 0 radical (unpaired) electrons. The largest absolute Gasteiger partial charge is 0.401 e. The first-order valence-electron chi connectivity index (χ1n) is 6.24. The molecule has 1 aromatic rings. The van der Waals surface area contributed by atoms with Crippen LogP contribution in [-0.2, 0) is 0 Å². The van der Waals surface area contributed by atoms with Crippen LogP contribution in [0.25, 0.3) is 0 Å². The summed E-state index contributed by atoms with van der Waals surface area (Å²) < 4.78 is 50.1. The molecule has 2 nitrogen and oxygen atoms in total. The predicted octanol–water partition coefficient (Wildman–Crippen LogP) is 3.26. The summed E-state index contributed by atoms with van der Waals surface area (Å²) in [6.07, 6.45) is -2.51. The molecule has 1 aromatic carbocycles. The molecule has 1 aliphatic rings. The Morgan fingerprint density at radius 2 is 2.00 bits per heavy atom. The molecular formula is C13H16F4N2. The van der Waals surface area contributed by atoms with Crippen LogP contribution >= 0.6 is 0 Å². The lowest BCUT2D eigenvalue weighted by molar-refractivity contribution is -0.146. The van der Waals surface area contributed by atoms with Gasteiger partial charge in [-0.2, -0.15) is 13.2 Å². The van der Waals surface area contributed by atoms with E-state index in [4.69, 9.17) is 0 Å². The van der Waals surface area contributed by atoms with Crippen LogP contribution in [0.3, 0.4) is 0 Å². The van der Waals surface area contributed by atoms with Gasteiger partial charge in [0.1, 0.15) is 5.82 Å². The lowest BCUT2D eigenvalue weighted by Gasteiger charge is -2.23. The molecule has 106 valence electrons. The van der Waals surface area contributed by atoms with Crippen LogP contribution in [-0.4, -0.2) is 36.8 Å². The highest BCUT2D eigenvalue weighted by molar-refractivity contribution is 5.42. The molecule has 0 amide bonds. The Morgan fingerprint density at radius 3 is 2.58 bits per heavy atom. The number of hydrogen-bond donors (Lipinski definition) is 1. The third-order valence-corrected chi connectivity index (χ3v) is 3.00. The summed E-state index contributed by atoms with van der Waals surface area (Å²) >= 11 is 0. The van der Waals surface area contributed by atoms with Crippen LogP contribution < -0.4 is 5.32 Å². The van der Waals surface area contributed by atoms with Crippen molar-refractivity contribution in [1.82, 2.24) is 4.90 Å². The van der Waals surface area contributed by atoms with Gasteiger partial charge in [-0.25, -0.2) is 4.39 Å². The van der Waals surface area contributed by atoms with E-state index in [0.29, 0.717) is 18.8 Å². The lowest BCUT2D eigenvalue weighted by Crippen LogP contribution is -2.38. The molecule has 0 aromatic heterocycles. The van der Waals surface area contributed by atoms with Crippen molar-refractivity contribution in [2.45, 2.75) is 25.1 Å². The van der Waals surface area contributed by atoms with E-state index in [1.807, 2.05) is 0 Å². The SMILES string of the molecule is Fc1cccc(NCCN(CC(F)(F)F)C2CC2)c1. The fraction of sp³-hybridized carbons (Fsp3) is 0.538. The zero-order chi connectivity index (χ0) is 13.9. The van der Waals surface area contributed by atoms with Gasteiger partial charge in [-0.15, -0.1) is 0 Å². The van der Waals surface area contributed by atoms with Gasteiger partial charge >= 0.3 is 6.18 Å². The first kappa shape index (κ1) is 14.1. The van der Waals surface area contributed by atoms with Crippen LogP contribution in [0.4, 0.5) is 23.2 Å². The maximum atomic E-state index is 12.9. The van der Waals surface area contributed by atoms with Crippen LogP contribution in [0.2, 0.25) is 0 Å². The first-order chi connectivity index (χ1) is 8.94. The van der Waals surface area contributed by atoms with Gasteiger partial charge < -0.3 is 5.32 Å². The Labute approximate surface area is 109 Å². The number of nitrogens with zero attached hydrogens (tertiary/aromatic N) is 1. The molecule has 2 rings (SSSR count). The molecule has 0 bridgehead atoms. The molecule has 0 heterocycles. The Morgan fingerprint density at radius 1 is 1.26 bits per heavy atom. The van der Waals surface area contributed by atoms with Gasteiger partial charge in [0.25, 0.3) is 0 Å². The maximum absolute atomic E-state index is 12.9. The number of rotatable bonds is 6. The highest BCUT2D eigenvalue weighted by Crippen LogP contribution is 2.29. The van der Waals surface area contributed by atoms with Gasteiger partial charge in [0.05, 0.1) is 6.54 Å². The summed E-state index contributed by atoms with van der Waals surface area (Å²) in [6.45, 7) is -0.195. The quantitative estimate of drug-likeness (QED) is 0.802. The summed E-state index contributed by atoms with van der Waals surface area (Å²) in [6, 6.07) is 5.95. The monoisotopic (exact) mass is 276 g/mol. The number of halogens is 4. The topological polar surface area (TPSA) is 15.3 Å². The Hall–Kier alpha value is -1.30. The van der Waals surface area contributed by atoms with Gasteiger partial charge in [0.2, 0.25) is 0 Å². The molecule has 0 aliphatic heterocycles. The summed E-state index contributed by atoms with van der Waals surface area (Å²) in [5.41, 5.74) is 0.586. The standard InChI is InChI=1S/C13H16F4N2/c14-10-2-1-3-11(8-10)18-6-7-19(12-4-5-12)9-13(15,16)17/h1-3,8,12,18H,4-7,9H2. The van der Waals surface area contributed by atoms with E-state index in [-0.39, 0.29) is 11.9 Å². The van der Waals surface area contributed by atoms with E-state index in [2.05, 4.69) is 5.32 Å². The minimum absolute atomic E-state index is 0.0518. The van der Waals surface area contributed by atoms with Crippen LogP contribution in [0.15, 0.2) is 24.3 Å². The highest BCUT2D eigenvalue weighted by Gasteiger charge is 2.37. The van der Waals surface area contributed by atoms with Crippen molar-refractivity contribution in [2.75, 3.05) is 25.0 Å². The summed E-state index contributed by atoms with van der Waals surface area (Å²) in [7, 11) is 0. The van der Waals surface area contributed by atoms with E-state index in [1.54, 1.807) is 12.1 Å². The smallest absolute Gasteiger partial charge is 0.384 e. The Balaban J connectivity index is 1.79. The van der Waals surface area contributed by atoms with Gasteiger partial charge in [-0.05, 0) is 31.0 Å². The normalized spacial score (nSPS) is 15.8. The summed E-state index contributed by atoms with van der Waals surface area (Å²) in [5.74, 6) is -0.362. The zero-order valence-electron chi connectivity index (χ0n) is 10.4. The molecule has 1 saturated carbocycles. The van der Waals surface area contributed by atoms with Gasteiger partial charge in [-0.3, -0.25) is 4.90 Å². The highest BCUT2D eigenvalue weighted by atomic mass is 19.4. The van der Waals surface area contributed by atoms with Crippen molar-refractivity contribution in [2.24, 2.45) is 0 Å². The molecule has 1 aliphatic carbocycles. The predicted molar refractivity (Wildman–Crippen MR) is 65.5 cm³/mol. The van der Waals surface area contributed by atoms with Crippen molar-refractivity contribution in [1.29, 1.82) is 0 Å². The number of benzene rings is 1. The molecule has 19 heavy (non-hydrogen) atoms. The van der Waals surface area contributed by atoms with E-state index < -0.39 is 12.7 Å². The number of anilines is 1. The average Bonchev–Trinajstić information content (AvgIpc) is 3.10. The second kappa shape index (κ2) is 5.77.